The van der Waals surface area contributed by atoms with Gasteiger partial charge in [-0.3, -0.25) is 33.6 Å². The zero-order chi connectivity index (χ0) is 41.4. The van der Waals surface area contributed by atoms with Gasteiger partial charge in [-0.1, -0.05) is 32.0 Å². The van der Waals surface area contributed by atoms with Crippen LogP contribution in [-0.2, 0) is 44.8 Å². The number of aliphatic hydroxyl groups excluding tert-OH is 1. The van der Waals surface area contributed by atoms with E-state index in [1.165, 1.54) is 18.7 Å². The molecule has 0 aliphatic heterocycles. The molecule has 13 N–H and O–H groups in total. The lowest BCUT2D eigenvalue weighted by Gasteiger charge is -2.27. The van der Waals surface area contributed by atoms with Crippen molar-refractivity contribution in [3.8, 4) is 0 Å². The number of primary amides is 1. The van der Waals surface area contributed by atoms with Crippen LogP contribution in [0, 0.1) is 5.92 Å². The maximum atomic E-state index is 14.1. The Morgan fingerprint density at radius 1 is 0.764 bits per heavy atom. The number of aromatic amines is 1. The predicted octanol–water partition coefficient (Wildman–Crippen LogP) is -1.53. The van der Waals surface area contributed by atoms with Crippen molar-refractivity contribution in [1.82, 2.24) is 31.6 Å². The SMILES string of the molecule is CSCC[C@H](NC(=O)[C@H](CC(N)=O)NC(=O)[C@H](CC(C)C)NC(=O)[C@H](Cc1c[nH]c2ccccc12)NC(=O)[C@H](CCC(=O)O)NC(=O)[C@@H](N)[C@@H](C)O)C(=O)O. The van der Waals surface area contributed by atoms with Gasteiger partial charge in [0, 0.05) is 29.9 Å². The number of hydrogen-bond acceptors (Lipinski definition) is 11. The van der Waals surface area contributed by atoms with Gasteiger partial charge in [-0.15, -0.1) is 0 Å². The molecule has 1 aromatic carbocycles. The molecule has 19 nitrogen and oxygen atoms in total. The Morgan fingerprint density at radius 2 is 1.31 bits per heavy atom. The number of nitrogens with one attached hydrogen (secondary N) is 6. The molecule has 0 aliphatic carbocycles. The second-order valence-corrected chi connectivity index (χ2v) is 14.5. The average Bonchev–Trinajstić information content (AvgIpc) is 3.52. The normalized spacial score (nSPS) is 15.0. The van der Waals surface area contributed by atoms with Gasteiger partial charge in [-0.25, -0.2) is 4.79 Å². The van der Waals surface area contributed by atoms with Crippen LogP contribution in [0.2, 0.25) is 0 Å². The van der Waals surface area contributed by atoms with Gasteiger partial charge < -0.3 is 58.4 Å². The van der Waals surface area contributed by atoms with E-state index < -0.39 is 109 Å². The van der Waals surface area contributed by atoms with Gasteiger partial charge in [0.05, 0.1) is 12.5 Å². The summed E-state index contributed by atoms with van der Waals surface area (Å²) in [7, 11) is 0. The van der Waals surface area contributed by atoms with Crippen LogP contribution >= 0.6 is 11.8 Å². The molecule has 0 saturated carbocycles. The lowest BCUT2D eigenvalue weighted by molar-refractivity contribution is -0.142. The van der Waals surface area contributed by atoms with Crippen molar-refractivity contribution in [3.63, 3.8) is 0 Å². The lowest BCUT2D eigenvalue weighted by Crippen LogP contribution is -2.60. The third kappa shape index (κ3) is 15.2. The van der Waals surface area contributed by atoms with Crippen molar-refractivity contribution in [2.24, 2.45) is 17.4 Å². The van der Waals surface area contributed by atoms with E-state index in [0.29, 0.717) is 16.7 Å². The molecule has 2 rings (SSSR count). The second-order valence-electron chi connectivity index (χ2n) is 13.5. The first kappa shape index (κ1) is 45.9. The quantitative estimate of drug-likeness (QED) is 0.0575. The number of thioether (sulfide) groups is 1. The number of amides is 6. The average molecular weight is 793 g/mol. The Balaban J connectivity index is 2.45. The number of carboxylic acid groups (broad SMARTS) is 2. The van der Waals surface area contributed by atoms with Gasteiger partial charge in [-0.05, 0) is 55.7 Å². The number of aliphatic hydroxyl groups is 1. The maximum absolute atomic E-state index is 14.1. The molecule has 20 heteroatoms. The molecule has 304 valence electrons. The molecule has 6 amide bonds. The molecule has 0 spiro atoms. The number of aromatic nitrogens is 1. The van der Waals surface area contributed by atoms with Gasteiger partial charge in [-0.2, -0.15) is 11.8 Å². The Hall–Kier alpha value is -5.21. The third-order valence-corrected chi connectivity index (χ3v) is 9.08. The minimum Gasteiger partial charge on any atom is -0.481 e. The topological polar surface area (TPSA) is 325 Å². The van der Waals surface area contributed by atoms with Crippen molar-refractivity contribution in [2.75, 3.05) is 12.0 Å². The standard InChI is InChI=1S/C35H52N8O11S/c1-17(2)13-24(31(49)43-26(15-27(36)45)33(51)40-23(35(53)54)11-12-55-4)41-32(50)25(14-19-16-38-21-8-6-5-7-20(19)21)42-30(48)22(9-10-28(46)47)39-34(52)29(37)18(3)44/h5-8,16-18,22-26,29,38,44H,9-15,37H2,1-4H3,(H2,36,45)(H,39,52)(H,40,51)(H,41,50)(H,42,48)(H,43,49)(H,46,47)(H,53,54)/t18-,22+,23+,24+,25+,26+,29+/m1/s1. The van der Waals surface area contributed by atoms with E-state index in [1.54, 1.807) is 50.6 Å². The van der Waals surface area contributed by atoms with E-state index in [1.807, 2.05) is 0 Å². The van der Waals surface area contributed by atoms with E-state index in [-0.39, 0.29) is 25.2 Å². The van der Waals surface area contributed by atoms with Crippen LogP contribution in [0.1, 0.15) is 58.4 Å². The van der Waals surface area contributed by atoms with Crippen molar-refractivity contribution in [2.45, 2.75) is 102 Å². The molecule has 0 bridgehead atoms. The minimum absolute atomic E-state index is 0.0102. The van der Waals surface area contributed by atoms with Crippen LogP contribution in [0.5, 0.6) is 0 Å². The Bertz CT molecular complexity index is 1680. The zero-order valence-electron chi connectivity index (χ0n) is 31.1. The number of H-pyrrole nitrogens is 1. The van der Waals surface area contributed by atoms with Gasteiger partial charge in [0.25, 0.3) is 0 Å². The fourth-order valence-corrected chi connectivity index (χ4v) is 5.92. The summed E-state index contributed by atoms with van der Waals surface area (Å²) in [5.74, 6) is -8.06. The summed E-state index contributed by atoms with van der Waals surface area (Å²) >= 11 is 1.35. The zero-order valence-corrected chi connectivity index (χ0v) is 31.9. The number of para-hydroxylation sites is 1. The molecule has 0 radical (unpaired) electrons. The highest BCUT2D eigenvalue weighted by molar-refractivity contribution is 7.98. The molecule has 2 aromatic rings. The molecule has 7 atom stereocenters. The van der Waals surface area contributed by atoms with Crippen molar-refractivity contribution < 1.29 is 53.7 Å². The highest BCUT2D eigenvalue weighted by atomic mass is 32.2. The number of carbonyl (C=O) groups is 8. The Morgan fingerprint density at radius 3 is 1.89 bits per heavy atom. The monoisotopic (exact) mass is 792 g/mol. The van der Waals surface area contributed by atoms with Crippen LogP contribution in [0.25, 0.3) is 10.9 Å². The van der Waals surface area contributed by atoms with Gasteiger partial charge in [0.1, 0.15) is 36.3 Å². The number of carbonyl (C=O) groups excluding carboxylic acids is 6. The first-order valence-electron chi connectivity index (χ1n) is 17.6. The molecule has 0 unspecified atom stereocenters. The summed E-state index contributed by atoms with van der Waals surface area (Å²) < 4.78 is 0. The van der Waals surface area contributed by atoms with Crippen LogP contribution in [0.15, 0.2) is 30.5 Å². The highest BCUT2D eigenvalue weighted by Gasteiger charge is 2.34. The smallest absolute Gasteiger partial charge is 0.326 e. The van der Waals surface area contributed by atoms with E-state index in [2.05, 4.69) is 31.6 Å². The number of benzene rings is 1. The summed E-state index contributed by atoms with van der Waals surface area (Å²) in [4.78, 5) is 106. The number of carboxylic acids is 2. The summed E-state index contributed by atoms with van der Waals surface area (Å²) in [5.41, 5.74) is 12.4. The third-order valence-electron chi connectivity index (χ3n) is 8.44. The second kappa shape index (κ2) is 22.2. The lowest BCUT2D eigenvalue weighted by atomic mass is 9.99. The minimum atomic E-state index is -1.60. The van der Waals surface area contributed by atoms with Gasteiger partial charge in [0.15, 0.2) is 0 Å². The number of nitrogens with two attached hydrogens (primary N) is 2. The number of fused-ring (bicyclic) bond motifs is 1. The van der Waals surface area contributed by atoms with Crippen LogP contribution in [0.4, 0.5) is 0 Å². The van der Waals surface area contributed by atoms with Crippen LogP contribution < -0.4 is 38.1 Å². The predicted molar refractivity (Wildman–Crippen MR) is 202 cm³/mol. The summed E-state index contributed by atoms with van der Waals surface area (Å²) in [6, 6.07) is -1.53. The van der Waals surface area contributed by atoms with Gasteiger partial charge >= 0.3 is 11.9 Å². The molecule has 1 heterocycles. The van der Waals surface area contributed by atoms with E-state index in [0.717, 1.165) is 5.52 Å². The number of hydrogen-bond donors (Lipinski definition) is 11. The van der Waals surface area contributed by atoms with Crippen molar-refractivity contribution >= 4 is 70.0 Å². The van der Waals surface area contributed by atoms with Crippen LogP contribution in [0.3, 0.4) is 0 Å². The van der Waals surface area contributed by atoms with Gasteiger partial charge in [0.2, 0.25) is 35.4 Å². The molecule has 1 aromatic heterocycles. The number of aliphatic carboxylic acids is 2. The van der Waals surface area contributed by atoms with E-state index in [9.17, 15) is 53.7 Å². The molecule has 0 aliphatic rings. The highest BCUT2D eigenvalue weighted by Crippen LogP contribution is 2.20. The fraction of sp³-hybridized carbons (Fsp3) is 0.543. The van der Waals surface area contributed by atoms with E-state index >= 15 is 0 Å². The number of rotatable bonds is 24. The molecular weight excluding hydrogens is 740 g/mol. The maximum Gasteiger partial charge on any atom is 0.326 e. The Labute approximate surface area is 321 Å². The first-order valence-corrected chi connectivity index (χ1v) is 19.0. The Kier molecular flexibility index (Phi) is 18.6. The summed E-state index contributed by atoms with van der Waals surface area (Å²) in [6.07, 6.45) is 0.351. The molecule has 0 fully saturated rings. The fourth-order valence-electron chi connectivity index (χ4n) is 5.45. The van der Waals surface area contributed by atoms with Crippen molar-refractivity contribution in [1.29, 1.82) is 0 Å². The summed E-state index contributed by atoms with van der Waals surface area (Å²) in [6.45, 7) is 4.76. The summed E-state index contributed by atoms with van der Waals surface area (Å²) in [5, 5.41) is 41.6. The molecular formula is C35H52N8O11S. The first-order chi connectivity index (χ1) is 25.8. The molecule has 55 heavy (non-hydrogen) atoms. The van der Waals surface area contributed by atoms with Crippen LogP contribution in [-0.4, -0.2) is 122 Å². The van der Waals surface area contributed by atoms with E-state index in [4.69, 9.17) is 11.5 Å². The van der Waals surface area contributed by atoms with Crippen molar-refractivity contribution in [3.05, 3.63) is 36.0 Å². The largest absolute Gasteiger partial charge is 0.481 e. The molecule has 0 saturated heterocycles.